The summed E-state index contributed by atoms with van der Waals surface area (Å²) in [5.74, 6) is -0.222. The maximum Gasteiger partial charge on any atom is 0.167 e. The fraction of sp³-hybridized carbons (Fsp3) is 0.222. The number of ketones is 1. The number of carbonyl (C=O) groups excluding carboxylic acids is 1. The number of halogens is 2. The number of hydrogen-bond acceptors (Lipinski definition) is 2. The molecule has 0 atom stereocenters. The topological polar surface area (TPSA) is 37.3 Å². The number of carbonyl (C=O) groups is 1. The molecule has 0 amide bonds. The molecule has 13 heavy (non-hydrogen) atoms. The quantitative estimate of drug-likeness (QED) is 0.725. The summed E-state index contributed by atoms with van der Waals surface area (Å²) < 4.78 is 0. The molecule has 0 unspecified atom stereocenters. The van der Waals surface area contributed by atoms with E-state index in [1.807, 2.05) is 0 Å². The number of aromatic hydroxyl groups is 1. The Bertz CT molecular complexity index is 399. The van der Waals surface area contributed by atoms with Gasteiger partial charge in [0.25, 0.3) is 0 Å². The summed E-state index contributed by atoms with van der Waals surface area (Å²) in [6.07, 6.45) is 1.00. The molecule has 0 saturated heterocycles. The maximum absolute atomic E-state index is 11.3. The molecule has 0 saturated carbocycles. The van der Waals surface area contributed by atoms with Crippen molar-refractivity contribution in [3.05, 3.63) is 27.2 Å². The van der Waals surface area contributed by atoms with E-state index in [1.54, 1.807) is 0 Å². The van der Waals surface area contributed by atoms with Crippen molar-refractivity contribution in [1.82, 2.24) is 0 Å². The van der Waals surface area contributed by atoms with Gasteiger partial charge in [-0.05, 0) is 18.1 Å². The second-order valence-corrected chi connectivity index (χ2v) is 3.78. The van der Waals surface area contributed by atoms with Gasteiger partial charge in [-0.25, -0.2) is 0 Å². The van der Waals surface area contributed by atoms with E-state index in [1.165, 1.54) is 6.07 Å². The summed E-state index contributed by atoms with van der Waals surface area (Å²) in [5.41, 5.74) is 1.02. The van der Waals surface area contributed by atoms with E-state index in [2.05, 4.69) is 0 Å². The van der Waals surface area contributed by atoms with Crippen LogP contribution in [0.25, 0.3) is 0 Å². The molecule has 2 rings (SSSR count). The highest BCUT2D eigenvalue weighted by atomic mass is 35.5. The van der Waals surface area contributed by atoms with E-state index in [4.69, 9.17) is 23.2 Å². The van der Waals surface area contributed by atoms with Crippen LogP contribution in [0.1, 0.15) is 22.3 Å². The van der Waals surface area contributed by atoms with Crippen molar-refractivity contribution >= 4 is 29.0 Å². The van der Waals surface area contributed by atoms with Gasteiger partial charge in [0, 0.05) is 11.4 Å². The average molecular weight is 217 g/mol. The molecule has 1 aromatic carbocycles. The molecule has 0 heterocycles. The lowest BCUT2D eigenvalue weighted by Gasteiger charge is -2.05. The van der Waals surface area contributed by atoms with Crippen molar-refractivity contribution in [3.8, 4) is 5.75 Å². The number of rotatable bonds is 0. The summed E-state index contributed by atoms with van der Waals surface area (Å²) in [7, 11) is 0. The van der Waals surface area contributed by atoms with Crippen molar-refractivity contribution in [1.29, 1.82) is 0 Å². The lowest BCUT2D eigenvalue weighted by molar-refractivity contribution is 0.0992. The Morgan fingerprint density at radius 1 is 1.23 bits per heavy atom. The first kappa shape index (κ1) is 8.85. The van der Waals surface area contributed by atoms with Gasteiger partial charge >= 0.3 is 0 Å². The molecule has 0 radical (unpaired) electrons. The molecule has 1 aliphatic carbocycles. The Balaban J connectivity index is 2.77. The van der Waals surface area contributed by atoms with Gasteiger partial charge in [0.2, 0.25) is 0 Å². The normalized spacial score (nSPS) is 14.8. The molecular formula is C9H6Cl2O2. The SMILES string of the molecule is O=C1CCc2c(Cl)cc(Cl)c(O)c21. The van der Waals surface area contributed by atoms with Crippen LogP contribution in [-0.4, -0.2) is 10.9 Å². The Morgan fingerprint density at radius 3 is 2.62 bits per heavy atom. The zero-order valence-corrected chi connectivity index (χ0v) is 8.11. The van der Waals surface area contributed by atoms with Crippen LogP contribution < -0.4 is 0 Å². The third-order valence-electron chi connectivity index (χ3n) is 2.19. The van der Waals surface area contributed by atoms with E-state index in [0.717, 1.165) is 0 Å². The van der Waals surface area contributed by atoms with Crippen LogP contribution in [0.2, 0.25) is 10.0 Å². The molecule has 1 N–H and O–H groups in total. The predicted octanol–water partition coefficient (Wildman–Crippen LogP) is 2.83. The van der Waals surface area contributed by atoms with Gasteiger partial charge < -0.3 is 5.11 Å². The Morgan fingerprint density at radius 2 is 1.92 bits per heavy atom. The van der Waals surface area contributed by atoms with Crippen LogP contribution in [0.5, 0.6) is 5.75 Å². The number of fused-ring (bicyclic) bond motifs is 1. The number of hydrogen-bond donors (Lipinski definition) is 1. The van der Waals surface area contributed by atoms with E-state index >= 15 is 0 Å². The van der Waals surface area contributed by atoms with Gasteiger partial charge in [-0.15, -0.1) is 0 Å². The second kappa shape index (κ2) is 2.89. The molecule has 1 aromatic rings. The van der Waals surface area contributed by atoms with Crippen LogP contribution in [0.4, 0.5) is 0 Å². The maximum atomic E-state index is 11.3. The Labute approximate surface area is 85.1 Å². The summed E-state index contributed by atoms with van der Waals surface area (Å²) >= 11 is 11.5. The summed E-state index contributed by atoms with van der Waals surface area (Å²) in [6.45, 7) is 0. The van der Waals surface area contributed by atoms with Gasteiger partial charge in [0.15, 0.2) is 5.78 Å². The lowest BCUT2D eigenvalue weighted by Crippen LogP contribution is -1.92. The fourth-order valence-electron chi connectivity index (χ4n) is 1.56. The van der Waals surface area contributed by atoms with Gasteiger partial charge in [-0.2, -0.15) is 0 Å². The van der Waals surface area contributed by atoms with Crippen molar-refractivity contribution < 1.29 is 9.90 Å². The smallest absolute Gasteiger partial charge is 0.167 e. The minimum absolute atomic E-state index is 0.0862. The standard InChI is InChI=1S/C9H6Cl2O2/c10-5-3-6(11)9(13)8-4(5)1-2-7(8)12/h3,13H,1-2H2. The number of Topliss-reactive ketones (excluding diaryl/α,β-unsaturated/α-hetero) is 1. The van der Waals surface area contributed by atoms with E-state index in [0.29, 0.717) is 29.0 Å². The van der Waals surface area contributed by atoms with Crippen molar-refractivity contribution in [2.75, 3.05) is 0 Å². The molecule has 0 aliphatic heterocycles. The molecule has 0 fully saturated rings. The highest BCUT2D eigenvalue weighted by Gasteiger charge is 2.27. The second-order valence-electron chi connectivity index (χ2n) is 2.97. The van der Waals surface area contributed by atoms with E-state index < -0.39 is 0 Å². The van der Waals surface area contributed by atoms with Gasteiger partial charge in [0.05, 0.1) is 10.6 Å². The number of benzene rings is 1. The molecule has 68 valence electrons. The number of phenols is 1. The minimum Gasteiger partial charge on any atom is -0.506 e. The predicted molar refractivity (Wildman–Crippen MR) is 50.8 cm³/mol. The van der Waals surface area contributed by atoms with Crippen LogP contribution >= 0.6 is 23.2 Å². The Hall–Kier alpha value is -0.730. The third kappa shape index (κ3) is 1.21. The van der Waals surface area contributed by atoms with E-state index in [9.17, 15) is 9.90 Å². The minimum atomic E-state index is -0.136. The summed E-state index contributed by atoms with van der Waals surface area (Å²) in [5, 5.41) is 10.1. The van der Waals surface area contributed by atoms with E-state index in [-0.39, 0.29) is 16.6 Å². The molecule has 0 aromatic heterocycles. The first-order valence-corrected chi connectivity index (χ1v) is 4.60. The van der Waals surface area contributed by atoms with Crippen LogP contribution in [0.3, 0.4) is 0 Å². The molecule has 4 heteroatoms. The van der Waals surface area contributed by atoms with Crippen molar-refractivity contribution in [2.24, 2.45) is 0 Å². The highest BCUT2D eigenvalue weighted by molar-refractivity contribution is 6.37. The first-order valence-electron chi connectivity index (χ1n) is 3.84. The Kier molecular flexibility index (Phi) is 1.97. The van der Waals surface area contributed by atoms with Crippen LogP contribution in [0.15, 0.2) is 6.07 Å². The summed E-state index contributed by atoms with van der Waals surface area (Å²) in [6, 6.07) is 1.47. The third-order valence-corrected chi connectivity index (χ3v) is 2.81. The van der Waals surface area contributed by atoms with Crippen LogP contribution in [-0.2, 0) is 6.42 Å². The highest BCUT2D eigenvalue weighted by Crippen LogP contribution is 2.39. The number of phenolic OH excluding ortho intramolecular Hbond substituents is 1. The lowest BCUT2D eigenvalue weighted by atomic mass is 10.1. The average Bonchev–Trinajstić information content (AvgIpc) is 2.44. The fourth-order valence-corrected chi connectivity index (χ4v) is 2.11. The summed E-state index contributed by atoms with van der Waals surface area (Å²) in [4.78, 5) is 11.3. The molecule has 0 bridgehead atoms. The van der Waals surface area contributed by atoms with Gasteiger partial charge in [-0.1, -0.05) is 23.2 Å². The van der Waals surface area contributed by atoms with Crippen molar-refractivity contribution in [2.45, 2.75) is 12.8 Å². The van der Waals surface area contributed by atoms with Gasteiger partial charge in [-0.3, -0.25) is 4.79 Å². The zero-order chi connectivity index (χ0) is 9.59. The first-order chi connectivity index (χ1) is 6.11. The van der Waals surface area contributed by atoms with Crippen molar-refractivity contribution in [3.63, 3.8) is 0 Å². The molecule has 2 nitrogen and oxygen atoms in total. The largest absolute Gasteiger partial charge is 0.506 e. The zero-order valence-electron chi connectivity index (χ0n) is 6.60. The van der Waals surface area contributed by atoms with Crippen LogP contribution in [0, 0.1) is 0 Å². The monoisotopic (exact) mass is 216 g/mol. The molecule has 1 aliphatic rings. The molecule has 0 spiro atoms. The van der Waals surface area contributed by atoms with Gasteiger partial charge in [0.1, 0.15) is 5.75 Å². The molecular weight excluding hydrogens is 211 g/mol.